The van der Waals surface area contributed by atoms with Gasteiger partial charge >= 0.3 is 0 Å². The van der Waals surface area contributed by atoms with Crippen LogP contribution in [0.1, 0.15) is 36.6 Å². The number of benzene rings is 1. The molecule has 0 bridgehead atoms. The van der Waals surface area contributed by atoms with Crippen LogP contribution in [0, 0.1) is 0 Å². The van der Waals surface area contributed by atoms with Crippen molar-refractivity contribution in [3.63, 3.8) is 0 Å². The van der Waals surface area contributed by atoms with E-state index in [1.165, 1.54) is 11.9 Å². The van der Waals surface area contributed by atoms with Gasteiger partial charge in [0.1, 0.15) is 12.4 Å². The summed E-state index contributed by atoms with van der Waals surface area (Å²) in [6.07, 6.45) is 5.55. The van der Waals surface area contributed by atoms with Crippen molar-refractivity contribution in [2.75, 3.05) is 37.7 Å². The van der Waals surface area contributed by atoms with Crippen LogP contribution in [0.5, 0.6) is 0 Å². The Hall–Kier alpha value is -3.17. The Kier molecular flexibility index (Phi) is 5.91. The Balaban J connectivity index is 1.31. The van der Waals surface area contributed by atoms with Gasteiger partial charge in [-0.05, 0) is 24.5 Å². The van der Waals surface area contributed by atoms with Crippen LogP contribution in [0.25, 0.3) is 11.4 Å². The molecule has 9 nitrogen and oxygen atoms in total. The topological polar surface area (TPSA) is 97.5 Å². The summed E-state index contributed by atoms with van der Waals surface area (Å²) in [5.74, 6) is 1.14. The molecule has 0 aliphatic carbocycles. The van der Waals surface area contributed by atoms with E-state index in [4.69, 9.17) is 9.26 Å². The summed E-state index contributed by atoms with van der Waals surface area (Å²) in [4.78, 5) is 30.3. The number of hydrogen-bond acceptors (Lipinski definition) is 8. The molecule has 9 heteroatoms. The maximum Gasteiger partial charge on any atom is 0.241 e. The molecule has 1 saturated heterocycles. The standard InChI is InChI=1S/C23H26N6O3/c1-2-20-26-23(27-32-20)17-12-24-15-25-22(17)19-13-28(10-11-31-19)14-21(30)29-9-5-7-16-6-3-4-8-18(16)29/h3-4,6,8,12,15,19H,2,5,7,9-11,13-14H2,1H3/t19-/m0/s1. The average molecular weight is 435 g/mol. The van der Waals surface area contributed by atoms with Crippen molar-refractivity contribution in [2.45, 2.75) is 32.3 Å². The van der Waals surface area contributed by atoms with Gasteiger partial charge in [0, 0.05) is 37.9 Å². The number of anilines is 1. The maximum atomic E-state index is 13.2. The lowest BCUT2D eigenvalue weighted by molar-refractivity contribution is -0.122. The number of aromatic nitrogens is 4. The first-order valence-electron chi connectivity index (χ1n) is 11.1. The zero-order chi connectivity index (χ0) is 21.9. The highest BCUT2D eigenvalue weighted by molar-refractivity contribution is 5.96. The van der Waals surface area contributed by atoms with Gasteiger partial charge in [-0.25, -0.2) is 9.97 Å². The third kappa shape index (κ3) is 4.13. The van der Waals surface area contributed by atoms with Crippen LogP contribution in [0.2, 0.25) is 0 Å². The number of rotatable bonds is 5. The normalized spacial score (nSPS) is 19.0. The minimum absolute atomic E-state index is 0.117. The van der Waals surface area contributed by atoms with Crippen molar-refractivity contribution in [1.29, 1.82) is 0 Å². The molecular formula is C23H26N6O3. The van der Waals surface area contributed by atoms with Gasteiger partial charge < -0.3 is 14.2 Å². The quantitative estimate of drug-likeness (QED) is 0.604. The van der Waals surface area contributed by atoms with Crippen molar-refractivity contribution in [2.24, 2.45) is 0 Å². The minimum atomic E-state index is -0.299. The second-order valence-electron chi connectivity index (χ2n) is 8.06. The number of hydrogen-bond donors (Lipinski definition) is 0. The van der Waals surface area contributed by atoms with Gasteiger partial charge in [0.2, 0.25) is 17.6 Å². The van der Waals surface area contributed by atoms with E-state index in [2.05, 4.69) is 31.1 Å². The molecule has 1 aromatic carbocycles. The van der Waals surface area contributed by atoms with E-state index in [1.807, 2.05) is 30.0 Å². The van der Waals surface area contributed by atoms with Gasteiger partial charge in [0.25, 0.3) is 0 Å². The number of para-hydroxylation sites is 1. The van der Waals surface area contributed by atoms with Crippen molar-refractivity contribution in [3.05, 3.63) is 53.9 Å². The van der Waals surface area contributed by atoms with Gasteiger partial charge in [0.05, 0.1) is 24.4 Å². The Morgan fingerprint density at radius 1 is 1.25 bits per heavy atom. The molecule has 1 fully saturated rings. The molecular weight excluding hydrogens is 408 g/mol. The lowest BCUT2D eigenvalue weighted by atomic mass is 10.0. The summed E-state index contributed by atoms with van der Waals surface area (Å²) in [6, 6.07) is 8.18. The lowest BCUT2D eigenvalue weighted by Gasteiger charge is -2.35. The smallest absolute Gasteiger partial charge is 0.241 e. The van der Waals surface area contributed by atoms with Crippen LogP contribution in [0.3, 0.4) is 0 Å². The van der Waals surface area contributed by atoms with Crippen molar-refractivity contribution in [1.82, 2.24) is 25.0 Å². The first-order valence-corrected chi connectivity index (χ1v) is 11.1. The monoisotopic (exact) mass is 434 g/mol. The van der Waals surface area contributed by atoms with Gasteiger partial charge in [-0.15, -0.1) is 0 Å². The predicted molar refractivity (Wildman–Crippen MR) is 117 cm³/mol. The van der Waals surface area contributed by atoms with Crippen LogP contribution in [-0.4, -0.2) is 63.7 Å². The van der Waals surface area contributed by atoms with Crippen molar-refractivity contribution < 1.29 is 14.1 Å². The lowest BCUT2D eigenvalue weighted by Crippen LogP contribution is -2.47. The molecule has 0 spiro atoms. The Bertz CT molecular complexity index is 1100. The zero-order valence-electron chi connectivity index (χ0n) is 18.1. The molecule has 2 aliphatic heterocycles. The molecule has 0 unspecified atom stereocenters. The van der Waals surface area contributed by atoms with Crippen molar-refractivity contribution >= 4 is 11.6 Å². The van der Waals surface area contributed by atoms with Gasteiger partial charge in [-0.1, -0.05) is 30.3 Å². The molecule has 0 radical (unpaired) electrons. The predicted octanol–water partition coefficient (Wildman–Crippen LogP) is 2.44. The molecule has 0 N–H and O–H groups in total. The molecule has 5 rings (SSSR count). The number of carbonyl (C=O) groups excluding carboxylic acids is 1. The third-order valence-electron chi connectivity index (χ3n) is 5.98. The SMILES string of the molecule is CCc1nc(-c2cncnc2[C@@H]2CN(CC(=O)N3CCCc4ccccc43)CCO2)no1. The Morgan fingerprint density at radius 2 is 2.16 bits per heavy atom. The summed E-state index contributed by atoms with van der Waals surface area (Å²) >= 11 is 0. The Morgan fingerprint density at radius 3 is 3.03 bits per heavy atom. The highest BCUT2D eigenvalue weighted by Crippen LogP contribution is 2.30. The molecule has 0 saturated carbocycles. The van der Waals surface area contributed by atoms with Gasteiger partial charge in [-0.3, -0.25) is 9.69 Å². The van der Waals surface area contributed by atoms with E-state index in [9.17, 15) is 4.79 Å². The molecule has 2 aliphatic rings. The molecule has 2 aromatic heterocycles. The number of morpholine rings is 1. The first-order chi connectivity index (χ1) is 15.7. The first kappa shape index (κ1) is 20.7. The summed E-state index contributed by atoms with van der Waals surface area (Å²) in [6.45, 7) is 4.84. The zero-order valence-corrected chi connectivity index (χ0v) is 18.1. The van der Waals surface area contributed by atoms with Gasteiger partial charge in [-0.2, -0.15) is 4.98 Å². The van der Waals surface area contributed by atoms with Crippen LogP contribution >= 0.6 is 0 Å². The number of nitrogens with zero attached hydrogens (tertiary/aromatic N) is 6. The second kappa shape index (κ2) is 9.13. The third-order valence-corrected chi connectivity index (χ3v) is 5.98. The van der Waals surface area contributed by atoms with Crippen molar-refractivity contribution in [3.8, 4) is 11.4 Å². The number of amides is 1. The van der Waals surface area contributed by atoms with Crippen LogP contribution < -0.4 is 4.90 Å². The van der Waals surface area contributed by atoms with E-state index in [1.54, 1.807) is 6.20 Å². The van der Waals surface area contributed by atoms with Crippen LogP contribution in [0.15, 0.2) is 41.3 Å². The summed E-state index contributed by atoms with van der Waals surface area (Å²) < 4.78 is 11.3. The average Bonchev–Trinajstić information content (AvgIpc) is 3.33. The summed E-state index contributed by atoms with van der Waals surface area (Å²) in [7, 11) is 0. The van der Waals surface area contributed by atoms with E-state index >= 15 is 0 Å². The van der Waals surface area contributed by atoms with E-state index in [0.717, 1.165) is 25.1 Å². The van der Waals surface area contributed by atoms with E-state index in [-0.39, 0.29) is 12.0 Å². The fourth-order valence-electron chi connectivity index (χ4n) is 4.36. The molecule has 1 atom stereocenters. The number of carbonyl (C=O) groups is 1. The minimum Gasteiger partial charge on any atom is -0.369 e. The largest absolute Gasteiger partial charge is 0.369 e. The summed E-state index contributed by atoms with van der Waals surface area (Å²) in [5, 5.41) is 4.07. The Labute approximate surface area is 186 Å². The maximum absolute atomic E-state index is 13.2. The molecule has 1 amide bonds. The van der Waals surface area contributed by atoms with Crippen LogP contribution in [-0.2, 0) is 22.4 Å². The number of aryl methyl sites for hydroxylation is 2. The highest BCUT2D eigenvalue weighted by atomic mass is 16.5. The second-order valence-corrected chi connectivity index (χ2v) is 8.06. The molecule has 3 aromatic rings. The fraction of sp³-hybridized carbons (Fsp3) is 0.435. The van der Waals surface area contributed by atoms with E-state index in [0.29, 0.717) is 55.6 Å². The fourth-order valence-corrected chi connectivity index (χ4v) is 4.36. The number of fused-ring (bicyclic) bond motifs is 1. The molecule has 32 heavy (non-hydrogen) atoms. The highest BCUT2D eigenvalue weighted by Gasteiger charge is 2.30. The molecule has 4 heterocycles. The van der Waals surface area contributed by atoms with Gasteiger partial charge in [0.15, 0.2) is 0 Å². The summed E-state index contributed by atoms with van der Waals surface area (Å²) in [5.41, 5.74) is 3.68. The number of ether oxygens (including phenoxy) is 1. The molecule has 166 valence electrons. The van der Waals surface area contributed by atoms with E-state index < -0.39 is 0 Å². The van der Waals surface area contributed by atoms with Crippen LogP contribution in [0.4, 0.5) is 5.69 Å².